The van der Waals surface area contributed by atoms with Gasteiger partial charge in [-0.25, -0.2) is 0 Å². The number of nitrogens with one attached hydrogen (secondary N) is 1. The number of piperidine rings is 1. The highest BCUT2D eigenvalue weighted by Crippen LogP contribution is 2.48. The smallest absolute Gasteiger partial charge is 0.318 e. The van der Waals surface area contributed by atoms with Crippen molar-refractivity contribution < 1.29 is 24.3 Å². The molecule has 1 saturated carbocycles. The molecule has 39 heavy (non-hydrogen) atoms. The molecule has 6 N–H and O–H groups in total. The minimum absolute atomic E-state index is 0.0147. The first-order valence-electron chi connectivity index (χ1n) is 13.1. The van der Waals surface area contributed by atoms with Crippen LogP contribution in [0.5, 0.6) is 0 Å². The number of benzene rings is 2. The van der Waals surface area contributed by atoms with Gasteiger partial charge in [-0.2, -0.15) is 5.26 Å². The summed E-state index contributed by atoms with van der Waals surface area (Å²) in [5.74, 6) is -2.07. The molecule has 0 unspecified atom stereocenters. The lowest BCUT2D eigenvalue weighted by molar-refractivity contribution is -0.142. The molecule has 1 saturated heterocycles. The number of carbonyl (C=O) groups is 4. The van der Waals surface area contributed by atoms with Crippen LogP contribution in [0.1, 0.15) is 69.2 Å². The third-order valence-electron chi connectivity index (χ3n) is 8.48. The van der Waals surface area contributed by atoms with Gasteiger partial charge in [-0.3, -0.25) is 19.2 Å². The molecule has 2 fully saturated rings. The molecule has 0 aromatic heterocycles. The molecule has 4 atom stereocenters. The largest absolute Gasteiger partial charge is 0.480 e. The van der Waals surface area contributed by atoms with Crippen molar-refractivity contribution in [3.8, 4) is 6.07 Å². The van der Waals surface area contributed by atoms with Gasteiger partial charge >= 0.3 is 5.97 Å². The number of rotatable bonds is 8. The molecule has 3 amide bonds. The number of aryl methyl sites for hydroxylation is 2. The fourth-order valence-electron chi connectivity index (χ4n) is 6.51. The molecule has 1 heterocycles. The summed E-state index contributed by atoms with van der Waals surface area (Å²) in [6, 6.07) is 11.1. The molecule has 1 aliphatic heterocycles. The Labute approximate surface area is 225 Å². The van der Waals surface area contributed by atoms with E-state index < -0.39 is 35.3 Å². The van der Waals surface area contributed by atoms with Crippen LogP contribution in [0.3, 0.4) is 0 Å². The van der Waals surface area contributed by atoms with Crippen LogP contribution >= 0.6 is 0 Å². The van der Waals surface area contributed by atoms with E-state index in [-0.39, 0.29) is 36.0 Å². The molecule has 5 rings (SSSR count). The number of aliphatic carboxylic acids is 1. The normalized spacial score (nSPS) is 22.9. The molecule has 10 nitrogen and oxygen atoms in total. The minimum Gasteiger partial charge on any atom is -0.480 e. The number of likely N-dealkylation sites (tertiary alicyclic amines) is 1. The Morgan fingerprint density at radius 1 is 1.05 bits per heavy atom. The average molecular weight is 530 g/mol. The molecule has 0 spiro atoms. The van der Waals surface area contributed by atoms with E-state index >= 15 is 0 Å². The Kier molecular flexibility index (Phi) is 6.64. The monoisotopic (exact) mass is 529 g/mol. The summed E-state index contributed by atoms with van der Waals surface area (Å²) in [6.07, 6.45) is 2.60. The number of carboxylic acids is 1. The first-order valence-corrected chi connectivity index (χ1v) is 13.1. The maximum atomic E-state index is 13.3. The number of nitrogens with two attached hydrogens (primary N) is 2. The number of fused-ring (bicyclic) bond motifs is 3. The van der Waals surface area contributed by atoms with Crippen molar-refractivity contribution in [1.29, 1.82) is 5.26 Å². The summed E-state index contributed by atoms with van der Waals surface area (Å²) in [4.78, 5) is 51.8. The minimum atomic E-state index is -1.53. The van der Waals surface area contributed by atoms with Crippen molar-refractivity contribution in [2.75, 3.05) is 6.54 Å². The highest BCUT2D eigenvalue weighted by Gasteiger charge is 2.54. The number of nitriles is 1. The van der Waals surface area contributed by atoms with Crippen LogP contribution in [-0.4, -0.2) is 58.4 Å². The summed E-state index contributed by atoms with van der Waals surface area (Å²) in [5.41, 5.74) is 12.5. The summed E-state index contributed by atoms with van der Waals surface area (Å²) in [6.45, 7) is 1.81. The number of amides is 3. The van der Waals surface area contributed by atoms with Gasteiger partial charge in [0, 0.05) is 23.2 Å². The third-order valence-corrected chi connectivity index (χ3v) is 8.48. The molecular formula is C29H31N5O5. The fourth-order valence-corrected chi connectivity index (χ4v) is 6.51. The molecule has 2 aliphatic carbocycles. The van der Waals surface area contributed by atoms with E-state index in [0.717, 1.165) is 6.42 Å². The maximum Gasteiger partial charge on any atom is 0.318 e. The van der Waals surface area contributed by atoms with Crippen molar-refractivity contribution in [2.45, 2.75) is 62.6 Å². The van der Waals surface area contributed by atoms with Crippen LogP contribution in [0.2, 0.25) is 0 Å². The van der Waals surface area contributed by atoms with E-state index in [1.165, 1.54) is 12.1 Å². The van der Waals surface area contributed by atoms with Gasteiger partial charge < -0.3 is 26.8 Å². The highest BCUT2D eigenvalue weighted by atomic mass is 16.4. The van der Waals surface area contributed by atoms with E-state index in [9.17, 15) is 29.5 Å². The van der Waals surface area contributed by atoms with Crippen LogP contribution in [-0.2, 0) is 27.8 Å². The lowest BCUT2D eigenvalue weighted by Crippen LogP contribution is -2.48. The zero-order valence-electron chi connectivity index (χ0n) is 21.6. The van der Waals surface area contributed by atoms with Crippen molar-refractivity contribution in [3.63, 3.8) is 0 Å². The molecule has 202 valence electrons. The molecule has 0 radical (unpaired) electrons. The van der Waals surface area contributed by atoms with Gasteiger partial charge in [-0.05, 0) is 91.5 Å². The third kappa shape index (κ3) is 4.53. The van der Waals surface area contributed by atoms with Crippen molar-refractivity contribution >= 4 is 23.7 Å². The van der Waals surface area contributed by atoms with E-state index in [2.05, 4.69) is 11.4 Å². The second kappa shape index (κ2) is 9.82. The molecule has 2 aromatic rings. The topological polar surface area (TPSA) is 180 Å². The Morgan fingerprint density at radius 3 is 2.10 bits per heavy atom. The highest BCUT2D eigenvalue weighted by molar-refractivity contribution is 5.95. The van der Waals surface area contributed by atoms with Crippen LogP contribution in [0, 0.1) is 17.2 Å². The Hall–Kier alpha value is -4.23. The lowest BCUT2D eigenvalue weighted by atomic mass is 9.68. The molecule has 2 aromatic carbocycles. The number of hydrogen-bond acceptors (Lipinski definition) is 6. The predicted molar refractivity (Wildman–Crippen MR) is 141 cm³/mol. The van der Waals surface area contributed by atoms with Gasteiger partial charge in [0.15, 0.2) is 0 Å². The van der Waals surface area contributed by atoms with Crippen molar-refractivity contribution in [1.82, 2.24) is 10.2 Å². The zero-order chi connectivity index (χ0) is 28.1. The first-order chi connectivity index (χ1) is 18.6. The van der Waals surface area contributed by atoms with Gasteiger partial charge in [0.05, 0.1) is 12.6 Å². The number of carbonyl (C=O) groups excluding carboxylic acids is 3. The molecular weight excluding hydrogens is 498 g/mol. The standard InChI is InChI=1S/C29H31N5O5/c1-15(33-14-25(35)34-21(13-30)10-20-11-24(20)34)12-29(28(38)39)22-6-4-18(26(31)36)8-16(22)2-3-17-9-19(27(32)37)5-7-23(17)29/h4-9,15,20-21,24,33H,2-3,10-12,14H2,1H3,(H2,31,36)(H2,32,37)(H,38,39)/t15-,20+,21-,24-/m0/s1. The SMILES string of the molecule is C[C@@H](CC1(C(=O)O)c2ccc(C(N)=O)cc2CCc2cc(C(N)=O)ccc21)NCC(=O)N1[C@H](C#N)C[C@@H]2C[C@@H]21. The summed E-state index contributed by atoms with van der Waals surface area (Å²) < 4.78 is 0. The van der Waals surface area contributed by atoms with Gasteiger partial charge in [0.1, 0.15) is 11.5 Å². The maximum absolute atomic E-state index is 13.3. The molecule has 10 heteroatoms. The van der Waals surface area contributed by atoms with E-state index in [4.69, 9.17) is 11.5 Å². The lowest BCUT2D eigenvalue weighted by Gasteiger charge is -2.35. The summed E-state index contributed by atoms with van der Waals surface area (Å²) >= 11 is 0. The van der Waals surface area contributed by atoms with Crippen molar-refractivity contribution in [3.05, 3.63) is 69.8 Å². The number of hydrogen-bond donors (Lipinski definition) is 4. The number of primary amides is 2. The quantitative estimate of drug-likeness (QED) is 0.397. The second-order valence-electron chi connectivity index (χ2n) is 10.9. The van der Waals surface area contributed by atoms with Crippen LogP contribution < -0.4 is 16.8 Å². The van der Waals surface area contributed by atoms with E-state index in [1.807, 2.05) is 6.92 Å². The Morgan fingerprint density at radius 2 is 1.62 bits per heavy atom. The first kappa shape index (κ1) is 26.4. The van der Waals surface area contributed by atoms with E-state index in [0.29, 0.717) is 47.4 Å². The second-order valence-corrected chi connectivity index (χ2v) is 10.9. The van der Waals surface area contributed by atoms with Crippen molar-refractivity contribution in [2.24, 2.45) is 17.4 Å². The average Bonchev–Trinajstić information content (AvgIpc) is 3.60. The molecule has 3 aliphatic rings. The zero-order valence-corrected chi connectivity index (χ0v) is 21.6. The van der Waals surface area contributed by atoms with Crippen LogP contribution in [0.4, 0.5) is 0 Å². The predicted octanol–water partition coefficient (Wildman–Crippen LogP) is 1.23. The van der Waals surface area contributed by atoms with Gasteiger partial charge in [-0.15, -0.1) is 0 Å². The van der Waals surface area contributed by atoms with E-state index in [1.54, 1.807) is 29.2 Å². The number of carboxylic acid groups (broad SMARTS) is 1. The number of nitrogens with zero attached hydrogens (tertiary/aromatic N) is 2. The summed E-state index contributed by atoms with van der Waals surface area (Å²) in [5, 5.41) is 23.5. The Balaban J connectivity index is 1.50. The Bertz CT molecular complexity index is 1360. The summed E-state index contributed by atoms with van der Waals surface area (Å²) in [7, 11) is 0. The van der Waals surface area contributed by atoms with Crippen LogP contribution in [0.25, 0.3) is 0 Å². The molecule has 0 bridgehead atoms. The van der Waals surface area contributed by atoms with Gasteiger partial charge in [0.25, 0.3) is 0 Å². The van der Waals surface area contributed by atoms with Gasteiger partial charge in [0.2, 0.25) is 17.7 Å². The fraction of sp³-hybridized carbons (Fsp3) is 0.414. The van der Waals surface area contributed by atoms with Gasteiger partial charge in [-0.1, -0.05) is 12.1 Å². The van der Waals surface area contributed by atoms with Crippen LogP contribution in [0.15, 0.2) is 36.4 Å².